The van der Waals surface area contributed by atoms with E-state index in [1.165, 1.54) is 31.4 Å². The van der Waals surface area contributed by atoms with Crippen molar-refractivity contribution in [3.63, 3.8) is 0 Å². The Bertz CT molecular complexity index is 1240. The van der Waals surface area contributed by atoms with Gasteiger partial charge in [-0.05, 0) is 42.8 Å². The minimum atomic E-state index is -0.473. The van der Waals surface area contributed by atoms with Crippen LogP contribution in [0.2, 0.25) is 0 Å². The Hall–Kier alpha value is -3.96. The molecule has 0 aromatic heterocycles. The highest BCUT2D eigenvalue weighted by Gasteiger charge is 2.14. The van der Waals surface area contributed by atoms with Crippen LogP contribution in [-0.4, -0.2) is 26.9 Å². The molecule has 3 aromatic carbocycles. The molecule has 0 heterocycles. The average Bonchev–Trinajstić information content (AvgIpc) is 2.80. The van der Waals surface area contributed by atoms with Gasteiger partial charge in [-0.15, -0.1) is 0 Å². The van der Waals surface area contributed by atoms with E-state index >= 15 is 0 Å². The number of aryl methyl sites for hydroxylation is 1. The predicted octanol–water partition coefficient (Wildman–Crippen LogP) is 5.40. The van der Waals surface area contributed by atoms with Crippen LogP contribution in [0.3, 0.4) is 0 Å². The van der Waals surface area contributed by atoms with E-state index in [9.17, 15) is 20.2 Å². The standard InChI is InChI=1S/C22H18N4O5S2/c1-13-11-19(24-22(33)15-5-9-17(10-6-15)26(29)30)20(31-2)12-18(13)23-21(32)14-3-7-16(8-4-14)25(27)28/h3-12H,1-2H3,(H,23,32)(H,24,33). The van der Waals surface area contributed by atoms with Gasteiger partial charge < -0.3 is 15.4 Å². The number of nitrogens with one attached hydrogen (secondary N) is 2. The van der Waals surface area contributed by atoms with Crippen molar-refractivity contribution in [1.29, 1.82) is 0 Å². The summed E-state index contributed by atoms with van der Waals surface area (Å²) in [5, 5.41) is 27.9. The van der Waals surface area contributed by atoms with Gasteiger partial charge in [0.15, 0.2) is 0 Å². The van der Waals surface area contributed by atoms with Crippen LogP contribution in [0.5, 0.6) is 5.75 Å². The topological polar surface area (TPSA) is 120 Å². The monoisotopic (exact) mass is 482 g/mol. The van der Waals surface area contributed by atoms with Crippen molar-refractivity contribution in [1.82, 2.24) is 0 Å². The maximum atomic E-state index is 10.8. The zero-order valence-electron chi connectivity index (χ0n) is 17.5. The fourth-order valence-corrected chi connectivity index (χ4v) is 3.44. The smallest absolute Gasteiger partial charge is 0.269 e. The van der Waals surface area contributed by atoms with Gasteiger partial charge in [-0.1, -0.05) is 24.4 Å². The molecule has 0 saturated heterocycles. The van der Waals surface area contributed by atoms with E-state index in [-0.39, 0.29) is 11.4 Å². The van der Waals surface area contributed by atoms with Crippen LogP contribution in [0.1, 0.15) is 16.7 Å². The van der Waals surface area contributed by atoms with Crippen molar-refractivity contribution >= 4 is 57.2 Å². The molecule has 0 radical (unpaired) electrons. The molecule has 0 aliphatic heterocycles. The van der Waals surface area contributed by atoms with Gasteiger partial charge in [-0.2, -0.15) is 0 Å². The SMILES string of the molecule is COc1cc(NC(=S)c2ccc([N+](=O)[O-])cc2)c(C)cc1NC(=S)c1ccc([N+](=O)[O-])cc1. The largest absolute Gasteiger partial charge is 0.494 e. The first-order chi connectivity index (χ1) is 15.7. The molecule has 0 aliphatic carbocycles. The highest BCUT2D eigenvalue weighted by Crippen LogP contribution is 2.32. The number of nitrogens with zero attached hydrogens (tertiary/aromatic N) is 2. The minimum absolute atomic E-state index is 0.0150. The summed E-state index contributed by atoms with van der Waals surface area (Å²) in [6.45, 7) is 1.88. The third-order valence-electron chi connectivity index (χ3n) is 4.72. The summed E-state index contributed by atoms with van der Waals surface area (Å²) in [6.07, 6.45) is 0. The van der Waals surface area contributed by atoms with Crippen molar-refractivity contribution < 1.29 is 14.6 Å². The quantitative estimate of drug-likeness (QED) is 0.259. The molecule has 9 nitrogen and oxygen atoms in total. The average molecular weight is 483 g/mol. The molecule has 0 fully saturated rings. The molecule has 0 spiro atoms. The number of thiocarbonyl (C=S) groups is 2. The lowest BCUT2D eigenvalue weighted by molar-refractivity contribution is -0.385. The van der Waals surface area contributed by atoms with Crippen LogP contribution < -0.4 is 15.4 Å². The molecule has 33 heavy (non-hydrogen) atoms. The Morgan fingerprint density at radius 1 is 0.788 bits per heavy atom. The fourth-order valence-electron chi connectivity index (χ4n) is 2.95. The Balaban J connectivity index is 1.78. The van der Waals surface area contributed by atoms with Gasteiger partial charge in [0.1, 0.15) is 15.7 Å². The molecule has 3 aromatic rings. The minimum Gasteiger partial charge on any atom is -0.494 e. The summed E-state index contributed by atoms with van der Waals surface area (Å²) >= 11 is 10.9. The summed E-state index contributed by atoms with van der Waals surface area (Å²) < 4.78 is 5.49. The normalized spacial score (nSPS) is 10.2. The molecule has 2 N–H and O–H groups in total. The Kier molecular flexibility index (Phi) is 7.26. The van der Waals surface area contributed by atoms with Crippen molar-refractivity contribution in [3.8, 4) is 5.75 Å². The lowest BCUT2D eigenvalue weighted by atomic mass is 10.1. The molecule has 11 heteroatoms. The van der Waals surface area contributed by atoms with Gasteiger partial charge in [-0.3, -0.25) is 20.2 Å². The molecular formula is C22H18N4O5S2. The van der Waals surface area contributed by atoms with Gasteiger partial charge in [-0.25, -0.2) is 0 Å². The molecule has 0 amide bonds. The first-order valence-corrected chi connectivity index (χ1v) is 10.3. The number of rotatable bonds is 7. The van der Waals surface area contributed by atoms with Crippen molar-refractivity contribution in [2.24, 2.45) is 0 Å². The predicted molar refractivity (Wildman–Crippen MR) is 135 cm³/mol. The maximum Gasteiger partial charge on any atom is 0.269 e. The number of methoxy groups -OCH3 is 1. The summed E-state index contributed by atoms with van der Waals surface area (Å²) in [5.41, 5.74) is 3.38. The highest BCUT2D eigenvalue weighted by molar-refractivity contribution is 7.81. The fraction of sp³-hybridized carbons (Fsp3) is 0.0909. The molecule has 0 bridgehead atoms. The zero-order valence-corrected chi connectivity index (χ0v) is 19.2. The van der Waals surface area contributed by atoms with Gasteiger partial charge >= 0.3 is 0 Å². The lowest BCUT2D eigenvalue weighted by Crippen LogP contribution is -2.14. The van der Waals surface area contributed by atoms with Crippen molar-refractivity contribution in [2.75, 3.05) is 17.7 Å². The summed E-state index contributed by atoms with van der Waals surface area (Å²) in [7, 11) is 1.52. The van der Waals surface area contributed by atoms with E-state index in [1.54, 1.807) is 30.3 Å². The molecule has 0 aliphatic rings. The summed E-state index contributed by atoms with van der Waals surface area (Å²) in [4.78, 5) is 21.5. The molecule has 168 valence electrons. The lowest BCUT2D eigenvalue weighted by Gasteiger charge is -2.17. The molecule has 0 unspecified atom stereocenters. The van der Waals surface area contributed by atoms with Crippen molar-refractivity contribution in [3.05, 3.63) is 97.6 Å². The molecule has 0 saturated carbocycles. The van der Waals surface area contributed by atoms with Crippen LogP contribution in [0.25, 0.3) is 0 Å². The van der Waals surface area contributed by atoms with Crippen LogP contribution in [0.15, 0.2) is 60.7 Å². The third kappa shape index (κ3) is 5.64. The second kappa shape index (κ2) is 10.1. The van der Waals surface area contributed by atoms with Gasteiger partial charge in [0.25, 0.3) is 11.4 Å². The second-order valence-electron chi connectivity index (χ2n) is 6.88. The van der Waals surface area contributed by atoms with Gasteiger partial charge in [0, 0.05) is 47.1 Å². The van der Waals surface area contributed by atoms with E-state index in [0.29, 0.717) is 38.2 Å². The van der Waals surface area contributed by atoms with Gasteiger partial charge in [0.05, 0.1) is 22.6 Å². The zero-order chi connectivity index (χ0) is 24.1. The molecule has 3 rings (SSSR count). The number of hydrogen-bond donors (Lipinski definition) is 2. The number of anilines is 2. The van der Waals surface area contributed by atoms with Crippen LogP contribution >= 0.6 is 24.4 Å². The number of nitro benzene ring substituents is 2. The number of hydrogen-bond acceptors (Lipinski definition) is 7. The Morgan fingerprint density at radius 2 is 1.21 bits per heavy atom. The number of benzene rings is 3. The van der Waals surface area contributed by atoms with Crippen LogP contribution in [-0.2, 0) is 0 Å². The van der Waals surface area contributed by atoms with E-state index in [0.717, 1.165) is 5.56 Å². The maximum absolute atomic E-state index is 10.8. The first-order valence-electron chi connectivity index (χ1n) is 9.50. The molecular weight excluding hydrogens is 464 g/mol. The second-order valence-corrected chi connectivity index (χ2v) is 7.70. The Morgan fingerprint density at radius 3 is 1.61 bits per heavy atom. The molecule has 0 atom stereocenters. The van der Waals surface area contributed by atoms with E-state index in [1.807, 2.05) is 13.0 Å². The Labute approximate surface area is 199 Å². The number of nitro groups is 2. The summed E-state index contributed by atoms with van der Waals surface area (Å²) in [5.74, 6) is 0.499. The van der Waals surface area contributed by atoms with Crippen molar-refractivity contribution in [2.45, 2.75) is 6.92 Å². The highest BCUT2D eigenvalue weighted by atomic mass is 32.1. The number of non-ortho nitro benzene ring substituents is 2. The van der Waals surface area contributed by atoms with Crippen LogP contribution in [0.4, 0.5) is 22.7 Å². The van der Waals surface area contributed by atoms with Gasteiger partial charge in [0.2, 0.25) is 0 Å². The first kappa shape index (κ1) is 23.7. The third-order valence-corrected chi connectivity index (χ3v) is 5.40. The van der Waals surface area contributed by atoms with Crippen LogP contribution in [0, 0.1) is 27.2 Å². The number of ether oxygens (including phenoxy) is 1. The summed E-state index contributed by atoms with van der Waals surface area (Å²) in [6, 6.07) is 15.5. The van der Waals surface area contributed by atoms with E-state index in [2.05, 4.69) is 10.6 Å². The van der Waals surface area contributed by atoms with E-state index in [4.69, 9.17) is 29.2 Å². The van der Waals surface area contributed by atoms with E-state index < -0.39 is 9.85 Å².